The Morgan fingerprint density at radius 3 is 1.70 bits per heavy atom. The number of unbranched alkanes of at least 4 members (excludes halogenated alkanes) is 12. The van der Waals surface area contributed by atoms with Gasteiger partial charge < -0.3 is 0 Å². The van der Waals surface area contributed by atoms with Crippen LogP contribution in [0.5, 0.6) is 0 Å². The van der Waals surface area contributed by atoms with E-state index < -0.39 is 0 Å². The SMILES string of the molecule is CCCCCCCCCCCCCCCC(Cl)[N+](C)(C=O)c1ccccc1. The lowest BCUT2D eigenvalue weighted by Gasteiger charge is -2.31. The molecule has 0 aliphatic rings. The van der Waals surface area contributed by atoms with Crippen LogP contribution in [0.25, 0.3) is 0 Å². The summed E-state index contributed by atoms with van der Waals surface area (Å²) in [4.78, 5) is 11.7. The summed E-state index contributed by atoms with van der Waals surface area (Å²) in [5, 5.41) is 0. The van der Waals surface area contributed by atoms with Crippen LogP contribution in [0, 0.1) is 0 Å². The second-order valence-electron chi connectivity index (χ2n) is 8.05. The lowest BCUT2D eigenvalue weighted by atomic mass is 10.0. The first-order chi connectivity index (χ1) is 13.1. The minimum Gasteiger partial charge on any atom is -0.233 e. The van der Waals surface area contributed by atoms with Gasteiger partial charge in [0.05, 0.1) is 7.05 Å². The lowest BCUT2D eigenvalue weighted by Crippen LogP contribution is -2.49. The number of carbonyl (C=O) groups is 1. The summed E-state index contributed by atoms with van der Waals surface area (Å²) in [6, 6.07) is 9.85. The van der Waals surface area contributed by atoms with Gasteiger partial charge in [-0.1, -0.05) is 114 Å². The van der Waals surface area contributed by atoms with Crippen molar-refractivity contribution in [3.63, 3.8) is 0 Å². The largest absolute Gasteiger partial charge is 0.307 e. The highest BCUT2D eigenvalue weighted by Crippen LogP contribution is 2.27. The van der Waals surface area contributed by atoms with E-state index in [1.807, 2.05) is 37.4 Å². The van der Waals surface area contributed by atoms with E-state index in [9.17, 15) is 4.79 Å². The number of rotatable bonds is 17. The fourth-order valence-corrected chi connectivity index (χ4v) is 3.95. The third kappa shape index (κ3) is 9.76. The standard InChI is InChI=1S/C24H41ClNO/c1-3-4-5-6-7-8-9-10-11-12-13-14-18-21-24(25)26(2,22-27)23-19-16-15-17-20-23/h15-17,19-20,22,24H,3-14,18,21H2,1-2H3/q+1. The first kappa shape index (κ1) is 24.2. The van der Waals surface area contributed by atoms with Gasteiger partial charge in [-0.05, 0) is 18.6 Å². The van der Waals surface area contributed by atoms with E-state index in [1.165, 1.54) is 77.0 Å². The summed E-state index contributed by atoms with van der Waals surface area (Å²) < 4.78 is 0.153. The summed E-state index contributed by atoms with van der Waals surface area (Å²) in [5.74, 6) is 0. The van der Waals surface area contributed by atoms with E-state index in [1.54, 1.807) is 0 Å². The molecule has 0 radical (unpaired) electrons. The Kier molecular flexibility index (Phi) is 13.5. The Morgan fingerprint density at radius 2 is 1.26 bits per heavy atom. The molecule has 1 amide bonds. The molecule has 2 nitrogen and oxygen atoms in total. The third-order valence-corrected chi connectivity index (χ3v) is 6.28. The first-order valence-electron chi connectivity index (χ1n) is 11.2. The number of quaternary nitrogens is 1. The van der Waals surface area contributed by atoms with Gasteiger partial charge in [-0.15, -0.1) is 0 Å². The van der Waals surface area contributed by atoms with Crippen molar-refractivity contribution >= 4 is 23.7 Å². The van der Waals surface area contributed by atoms with Crippen molar-refractivity contribution in [3.05, 3.63) is 30.3 Å². The maximum absolute atomic E-state index is 11.7. The minimum absolute atomic E-state index is 0.153. The van der Waals surface area contributed by atoms with Crippen molar-refractivity contribution in [2.45, 2.75) is 102 Å². The van der Waals surface area contributed by atoms with Gasteiger partial charge >= 0.3 is 6.41 Å². The predicted molar refractivity (Wildman–Crippen MR) is 120 cm³/mol. The monoisotopic (exact) mass is 394 g/mol. The zero-order valence-electron chi connectivity index (χ0n) is 17.7. The van der Waals surface area contributed by atoms with Crippen molar-refractivity contribution in [1.29, 1.82) is 0 Å². The fourth-order valence-electron chi connectivity index (χ4n) is 3.64. The zero-order valence-corrected chi connectivity index (χ0v) is 18.4. The van der Waals surface area contributed by atoms with Crippen molar-refractivity contribution in [1.82, 2.24) is 4.48 Å². The number of alkyl halides is 1. The van der Waals surface area contributed by atoms with Gasteiger partial charge in [-0.3, -0.25) is 0 Å². The quantitative estimate of drug-likeness (QED) is 0.0864. The average Bonchev–Trinajstić information content (AvgIpc) is 2.71. The molecule has 0 N–H and O–H groups in total. The number of para-hydroxylation sites is 1. The molecule has 27 heavy (non-hydrogen) atoms. The number of amides is 1. The van der Waals surface area contributed by atoms with Gasteiger partial charge in [0.2, 0.25) is 0 Å². The third-order valence-electron chi connectivity index (χ3n) is 5.66. The summed E-state index contributed by atoms with van der Waals surface area (Å²) in [6.45, 7) is 2.27. The number of halogens is 1. The number of hydrogen-bond donors (Lipinski definition) is 0. The Hall–Kier alpha value is -0.860. The maximum atomic E-state index is 11.7. The normalized spacial score (nSPS) is 14.6. The van der Waals surface area contributed by atoms with Crippen LogP contribution < -0.4 is 4.48 Å². The summed E-state index contributed by atoms with van der Waals surface area (Å²) in [6.07, 6.45) is 19.4. The van der Waals surface area contributed by atoms with Gasteiger partial charge in [0.1, 0.15) is 5.69 Å². The van der Waals surface area contributed by atoms with Gasteiger partial charge in [0.15, 0.2) is 5.50 Å². The molecule has 1 rings (SSSR count). The maximum Gasteiger partial charge on any atom is 0.307 e. The zero-order chi connectivity index (χ0) is 19.8. The van der Waals surface area contributed by atoms with E-state index in [2.05, 4.69) is 6.92 Å². The van der Waals surface area contributed by atoms with Crippen molar-refractivity contribution < 1.29 is 4.79 Å². The number of carbonyl (C=O) groups excluding carboxylic acids is 1. The summed E-state index contributed by atoms with van der Waals surface area (Å²) >= 11 is 6.61. The molecule has 154 valence electrons. The molecular formula is C24H41ClNO+. The van der Waals surface area contributed by atoms with Gasteiger partial charge in [-0.2, -0.15) is 0 Å². The molecule has 0 heterocycles. The molecule has 0 saturated heterocycles. The topological polar surface area (TPSA) is 17.1 Å². The van der Waals surface area contributed by atoms with Crippen LogP contribution in [0.1, 0.15) is 96.8 Å². The molecule has 0 aliphatic heterocycles. The average molecular weight is 395 g/mol. The smallest absolute Gasteiger partial charge is 0.233 e. The van der Waals surface area contributed by atoms with Crippen LogP contribution >= 0.6 is 11.6 Å². The van der Waals surface area contributed by atoms with Crippen LogP contribution in [0.4, 0.5) is 5.69 Å². The van der Waals surface area contributed by atoms with Crippen molar-refractivity contribution in [2.75, 3.05) is 7.05 Å². The van der Waals surface area contributed by atoms with Crippen LogP contribution in [0.15, 0.2) is 30.3 Å². The molecule has 2 unspecified atom stereocenters. The van der Waals surface area contributed by atoms with E-state index >= 15 is 0 Å². The molecule has 1 aromatic carbocycles. The second kappa shape index (κ2) is 15.1. The van der Waals surface area contributed by atoms with Crippen molar-refractivity contribution in [3.8, 4) is 0 Å². The molecule has 3 heteroatoms. The highest BCUT2D eigenvalue weighted by atomic mass is 35.5. The molecular weight excluding hydrogens is 354 g/mol. The summed E-state index contributed by atoms with van der Waals surface area (Å²) in [5.41, 5.74) is 0.764. The molecule has 0 fully saturated rings. The number of benzene rings is 1. The minimum atomic E-state index is -0.197. The van der Waals surface area contributed by atoms with E-state index in [0.29, 0.717) is 0 Å². The van der Waals surface area contributed by atoms with Gasteiger partial charge in [0.25, 0.3) is 0 Å². The van der Waals surface area contributed by atoms with E-state index in [0.717, 1.165) is 24.9 Å². The van der Waals surface area contributed by atoms with Crippen LogP contribution in [0.2, 0.25) is 0 Å². The van der Waals surface area contributed by atoms with Crippen LogP contribution in [0.3, 0.4) is 0 Å². The van der Waals surface area contributed by atoms with Gasteiger partial charge in [-0.25, -0.2) is 9.28 Å². The number of hydrogen-bond acceptors (Lipinski definition) is 1. The molecule has 0 aliphatic carbocycles. The molecule has 1 aromatic rings. The van der Waals surface area contributed by atoms with Crippen LogP contribution in [-0.4, -0.2) is 19.0 Å². The second-order valence-corrected chi connectivity index (χ2v) is 8.56. The Bertz CT molecular complexity index is 479. The molecule has 0 spiro atoms. The first-order valence-corrected chi connectivity index (χ1v) is 11.6. The summed E-state index contributed by atoms with van der Waals surface area (Å²) in [7, 11) is 1.91. The molecule has 0 aromatic heterocycles. The Balaban J connectivity index is 2.05. The highest BCUT2D eigenvalue weighted by molar-refractivity contribution is 6.22. The highest BCUT2D eigenvalue weighted by Gasteiger charge is 2.33. The fraction of sp³-hybridized carbons (Fsp3) is 0.708. The van der Waals surface area contributed by atoms with E-state index in [4.69, 9.17) is 11.6 Å². The lowest BCUT2D eigenvalue weighted by molar-refractivity contribution is -0.117. The molecule has 2 atom stereocenters. The van der Waals surface area contributed by atoms with Crippen LogP contribution in [-0.2, 0) is 4.79 Å². The number of nitrogens with zero attached hydrogens (tertiary/aromatic N) is 1. The van der Waals surface area contributed by atoms with Crippen molar-refractivity contribution in [2.24, 2.45) is 0 Å². The molecule has 0 saturated carbocycles. The Morgan fingerprint density at radius 1 is 0.815 bits per heavy atom. The molecule has 0 bridgehead atoms. The van der Waals surface area contributed by atoms with Gasteiger partial charge in [0, 0.05) is 6.42 Å². The van der Waals surface area contributed by atoms with E-state index in [-0.39, 0.29) is 9.98 Å². The Labute approximate surface area is 172 Å². The predicted octanol–water partition coefficient (Wildman–Crippen LogP) is 7.83.